The molecule has 1 amide bonds. The van der Waals surface area contributed by atoms with E-state index in [4.69, 9.17) is 4.74 Å². The lowest BCUT2D eigenvalue weighted by Gasteiger charge is -2.19. The number of nitrogens with zero attached hydrogens (tertiary/aromatic N) is 1. The molecule has 1 atom stereocenters. The number of amides is 1. The van der Waals surface area contributed by atoms with Gasteiger partial charge in [-0.15, -0.1) is 11.3 Å². The van der Waals surface area contributed by atoms with Crippen LogP contribution in [-0.4, -0.2) is 53.7 Å². The Hall–Kier alpha value is -2.94. The van der Waals surface area contributed by atoms with E-state index in [0.717, 1.165) is 38.5 Å². The molecule has 8 heteroatoms. The zero-order chi connectivity index (χ0) is 25.2. The van der Waals surface area contributed by atoms with E-state index in [2.05, 4.69) is 10.3 Å². The monoisotopic (exact) mass is 510 g/mol. The molecule has 3 rings (SSSR count). The van der Waals surface area contributed by atoms with Gasteiger partial charge in [-0.25, -0.2) is 4.79 Å². The number of aliphatic hydroxyl groups excluding tert-OH is 1. The van der Waals surface area contributed by atoms with Gasteiger partial charge in [-0.05, 0) is 71.7 Å². The Labute approximate surface area is 214 Å². The first-order chi connectivity index (χ1) is 17.0. The number of carbonyl (C=O) groups is 2. The van der Waals surface area contributed by atoms with E-state index in [0.29, 0.717) is 18.4 Å². The number of nitrogens with one attached hydrogen (secondary N) is 1. The Morgan fingerprint density at radius 2 is 2.03 bits per heavy atom. The molecule has 0 spiro atoms. The molecule has 0 radical (unpaired) electrons. The van der Waals surface area contributed by atoms with Crippen molar-refractivity contribution in [2.75, 3.05) is 25.7 Å². The molecule has 2 N–H and O–H groups in total. The minimum absolute atomic E-state index is 0.0733. The molecule has 1 heterocycles. The first-order valence-electron chi connectivity index (χ1n) is 11.2. The molecule has 0 saturated heterocycles. The molecule has 2 aromatic carbocycles. The van der Waals surface area contributed by atoms with Gasteiger partial charge >= 0.3 is 5.97 Å². The predicted octanol–water partition coefficient (Wildman–Crippen LogP) is 4.76. The minimum atomic E-state index is -0.715. The molecule has 1 aromatic heterocycles. The van der Waals surface area contributed by atoms with Crippen LogP contribution in [0.15, 0.2) is 59.7 Å². The Bertz CT molecular complexity index is 1180. The van der Waals surface area contributed by atoms with Crippen LogP contribution < -0.4 is 5.32 Å². The van der Waals surface area contributed by atoms with Crippen LogP contribution in [0, 0.1) is 6.92 Å². The normalized spacial score (nSPS) is 12.3. The van der Waals surface area contributed by atoms with E-state index in [1.807, 2.05) is 55.7 Å². The average Bonchev–Trinajstić information content (AvgIpc) is 3.39. The highest BCUT2D eigenvalue weighted by molar-refractivity contribution is 7.98. The number of rotatable bonds is 11. The molecule has 35 heavy (non-hydrogen) atoms. The molecular formula is C27H30N2O4S2. The van der Waals surface area contributed by atoms with Crippen LogP contribution in [0.1, 0.15) is 32.8 Å². The Balaban J connectivity index is 1.97. The highest BCUT2D eigenvalue weighted by atomic mass is 32.2. The third-order valence-electron chi connectivity index (χ3n) is 5.60. The smallest absolute Gasteiger partial charge is 0.328 e. The maximum atomic E-state index is 13.4. The third-order valence-corrected chi connectivity index (χ3v) is 6.96. The van der Waals surface area contributed by atoms with Gasteiger partial charge in [-0.2, -0.15) is 11.8 Å². The second kappa shape index (κ2) is 13.2. The summed E-state index contributed by atoms with van der Waals surface area (Å²) >= 11 is 3.12. The summed E-state index contributed by atoms with van der Waals surface area (Å²) in [5, 5.41) is 12.8. The minimum Gasteiger partial charge on any atom is -0.467 e. The van der Waals surface area contributed by atoms with Gasteiger partial charge in [-0.1, -0.05) is 36.4 Å². The van der Waals surface area contributed by atoms with Gasteiger partial charge in [0.05, 0.1) is 19.2 Å². The van der Waals surface area contributed by atoms with Crippen molar-refractivity contribution in [1.82, 2.24) is 10.3 Å². The number of benzene rings is 2. The summed E-state index contributed by atoms with van der Waals surface area (Å²) in [6.07, 6.45) is 6.68. The van der Waals surface area contributed by atoms with Crippen LogP contribution >= 0.6 is 23.1 Å². The van der Waals surface area contributed by atoms with E-state index in [1.54, 1.807) is 29.5 Å². The molecule has 0 unspecified atom stereocenters. The first-order valence-corrected chi connectivity index (χ1v) is 13.5. The summed E-state index contributed by atoms with van der Waals surface area (Å²) in [5.41, 5.74) is 6.82. The molecular weight excluding hydrogens is 480 g/mol. The summed E-state index contributed by atoms with van der Waals surface area (Å²) in [4.78, 5) is 30.7. The quantitative estimate of drug-likeness (QED) is 0.362. The number of hydrogen-bond acceptors (Lipinski definition) is 7. The summed E-state index contributed by atoms with van der Waals surface area (Å²) in [6, 6.07) is 12.8. The molecule has 0 aliphatic carbocycles. The van der Waals surface area contributed by atoms with Crippen LogP contribution in [-0.2, 0) is 16.0 Å². The van der Waals surface area contributed by atoms with Crippen LogP contribution in [0.2, 0.25) is 0 Å². The molecule has 0 bridgehead atoms. The molecule has 0 saturated carbocycles. The van der Waals surface area contributed by atoms with Crippen LogP contribution in [0.4, 0.5) is 0 Å². The Morgan fingerprint density at radius 1 is 1.23 bits per heavy atom. The van der Waals surface area contributed by atoms with Crippen molar-refractivity contribution in [3.63, 3.8) is 0 Å². The van der Waals surface area contributed by atoms with E-state index >= 15 is 0 Å². The molecule has 184 valence electrons. The van der Waals surface area contributed by atoms with Crippen molar-refractivity contribution >= 4 is 41.1 Å². The van der Waals surface area contributed by atoms with Crippen molar-refractivity contribution in [2.24, 2.45) is 0 Å². The predicted molar refractivity (Wildman–Crippen MR) is 144 cm³/mol. The second-order valence-corrected chi connectivity index (χ2v) is 9.97. The number of esters is 1. The third kappa shape index (κ3) is 7.27. The van der Waals surface area contributed by atoms with Crippen LogP contribution in [0.5, 0.6) is 0 Å². The standard InChI is InChI=1S/C27H30N2O4S2/c1-18-6-4-5-7-22(18)24-14-19(12-20(16-30)13-21-15-28-17-35-21)8-9-23(24)26(31)29-25(10-11-34-3)27(32)33-2/h4-9,13-15,17,25,30H,10-12,16H2,1-3H3,(H,29,31)/b20-13+/t25-/m0/s1. The summed E-state index contributed by atoms with van der Waals surface area (Å²) in [7, 11) is 1.33. The van der Waals surface area contributed by atoms with Crippen molar-refractivity contribution in [3.05, 3.63) is 81.3 Å². The van der Waals surface area contributed by atoms with Gasteiger partial charge in [0.15, 0.2) is 0 Å². The first kappa shape index (κ1) is 26.7. The number of aryl methyl sites for hydroxylation is 1. The maximum Gasteiger partial charge on any atom is 0.328 e. The van der Waals surface area contributed by atoms with Crippen molar-refractivity contribution in [1.29, 1.82) is 0 Å². The van der Waals surface area contributed by atoms with Gasteiger partial charge in [-0.3, -0.25) is 9.78 Å². The Morgan fingerprint density at radius 3 is 2.69 bits per heavy atom. The van der Waals surface area contributed by atoms with Crippen LogP contribution in [0.25, 0.3) is 17.2 Å². The SMILES string of the molecule is COC(=O)[C@H](CCSC)NC(=O)c1ccc(C/C(=C\c2cncs2)CO)cc1-c1ccccc1C. The number of ether oxygens (including phenoxy) is 1. The van der Waals surface area contributed by atoms with Gasteiger partial charge < -0.3 is 15.2 Å². The van der Waals surface area contributed by atoms with Crippen molar-refractivity contribution in [2.45, 2.75) is 25.8 Å². The number of carbonyl (C=O) groups excluding carboxylic acids is 2. The highest BCUT2D eigenvalue weighted by Crippen LogP contribution is 2.29. The fourth-order valence-corrected chi connectivity index (χ4v) is 4.84. The van der Waals surface area contributed by atoms with E-state index < -0.39 is 12.0 Å². The topological polar surface area (TPSA) is 88.5 Å². The van der Waals surface area contributed by atoms with E-state index in [-0.39, 0.29) is 12.5 Å². The van der Waals surface area contributed by atoms with Gasteiger partial charge in [0.1, 0.15) is 6.04 Å². The molecule has 0 fully saturated rings. The van der Waals surface area contributed by atoms with E-state index in [9.17, 15) is 14.7 Å². The summed E-state index contributed by atoms with van der Waals surface area (Å²) in [6.45, 7) is 1.93. The lowest BCUT2D eigenvalue weighted by molar-refractivity contribution is -0.142. The van der Waals surface area contributed by atoms with E-state index in [1.165, 1.54) is 18.4 Å². The summed E-state index contributed by atoms with van der Waals surface area (Å²) < 4.78 is 4.90. The summed E-state index contributed by atoms with van der Waals surface area (Å²) in [5.74, 6) is -0.0595. The molecule has 3 aromatic rings. The zero-order valence-corrected chi connectivity index (χ0v) is 21.7. The van der Waals surface area contributed by atoms with Gasteiger partial charge in [0, 0.05) is 16.6 Å². The fourth-order valence-electron chi connectivity index (χ4n) is 3.77. The van der Waals surface area contributed by atoms with Crippen molar-refractivity contribution < 1.29 is 19.4 Å². The lowest BCUT2D eigenvalue weighted by Crippen LogP contribution is -2.42. The van der Waals surface area contributed by atoms with Crippen molar-refractivity contribution in [3.8, 4) is 11.1 Å². The zero-order valence-electron chi connectivity index (χ0n) is 20.1. The maximum absolute atomic E-state index is 13.4. The van der Waals surface area contributed by atoms with Gasteiger partial charge in [0.25, 0.3) is 5.91 Å². The lowest BCUT2D eigenvalue weighted by atomic mass is 9.92. The Kier molecular flexibility index (Phi) is 10.1. The molecule has 0 aliphatic heterocycles. The number of thiazole rings is 1. The van der Waals surface area contributed by atoms with Gasteiger partial charge in [0.2, 0.25) is 0 Å². The largest absolute Gasteiger partial charge is 0.467 e. The number of aromatic nitrogens is 1. The molecule has 0 aliphatic rings. The molecule has 6 nitrogen and oxygen atoms in total. The number of methoxy groups -OCH3 is 1. The highest BCUT2D eigenvalue weighted by Gasteiger charge is 2.24. The van der Waals surface area contributed by atoms with Crippen LogP contribution in [0.3, 0.4) is 0 Å². The average molecular weight is 511 g/mol. The number of aliphatic hydroxyl groups is 1. The number of hydrogen-bond donors (Lipinski definition) is 2. The second-order valence-electron chi connectivity index (χ2n) is 8.07. The fraction of sp³-hybridized carbons (Fsp3) is 0.296. The number of thioether (sulfide) groups is 1.